The predicted molar refractivity (Wildman–Crippen MR) is 83.8 cm³/mol. The maximum atomic E-state index is 12.5. The summed E-state index contributed by atoms with van der Waals surface area (Å²) < 4.78 is 53.8. The van der Waals surface area contributed by atoms with Gasteiger partial charge >= 0.3 is 6.18 Å². The predicted octanol–water partition coefficient (Wildman–Crippen LogP) is 3.18. The molecule has 2 aromatic rings. The van der Waals surface area contributed by atoms with Gasteiger partial charge in [0.1, 0.15) is 17.5 Å². The number of alkyl halides is 3. The van der Waals surface area contributed by atoms with Crippen LogP contribution in [0.2, 0.25) is 0 Å². The van der Waals surface area contributed by atoms with Gasteiger partial charge in [-0.15, -0.1) is 0 Å². The van der Waals surface area contributed by atoms with Gasteiger partial charge in [0.15, 0.2) is 0 Å². The van der Waals surface area contributed by atoms with Crippen molar-refractivity contribution < 1.29 is 17.4 Å². The zero-order valence-electron chi connectivity index (χ0n) is 13.2. The first-order chi connectivity index (χ1) is 10.5. The second kappa shape index (κ2) is 6.03. The number of nitrogens with zero attached hydrogens (tertiary/aromatic N) is 4. The molecule has 0 spiro atoms. The van der Waals surface area contributed by atoms with Gasteiger partial charge in [0, 0.05) is 5.39 Å². The zero-order valence-corrected chi connectivity index (χ0v) is 14.0. The van der Waals surface area contributed by atoms with Crippen LogP contribution in [0.25, 0.3) is 10.9 Å². The van der Waals surface area contributed by atoms with E-state index < -0.39 is 28.5 Å². The lowest BCUT2D eigenvalue weighted by atomic mass is 10.2. The Morgan fingerprint density at radius 3 is 2.57 bits per heavy atom. The average Bonchev–Trinajstić information content (AvgIpc) is 2.69. The molecule has 0 aliphatic heterocycles. The fourth-order valence-electron chi connectivity index (χ4n) is 1.87. The van der Waals surface area contributed by atoms with Gasteiger partial charge in [-0.25, -0.2) is 4.21 Å². The Morgan fingerprint density at radius 2 is 2.00 bits per heavy atom. The van der Waals surface area contributed by atoms with Crippen LogP contribution in [0.3, 0.4) is 0 Å². The molecule has 0 bridgehead atoms. The van der Waals surface area contributed by atoms with E-state index in [1.807, 2.05) is 0 Å². The minimum absolute atomic E-state index is 0.300. The maximum Gasteiger partial charge on any atom is 0.408 e. The summed E-state index contributed by atoms with van der Waals surface area (Å²) in [5, 5.41) is 4.47. The van der Waals surface area contributed by atoms with Crippen molar-refractivity contribution in [1.29, 1.82) is 0 Å². The molecule has 2 rings (SSSR count). The Hall–Kier alpha value is -1.77. The summed E-state index contributed by atoms with van der Waals surface area (Å²) in [6, 6.07) is 1.59. The normalized spacial score (nSPS) is 14.7. The van der Waals surface area contributed by atoms with Crippen molar-refractivity contribution in [2.45, 2.75) is 45.2 Å². The van der Waals surface area contributed by atoms with E-state index in [9.17, 15) is 17.4 Å². The summed E-state index contributed by atoms with van der Waals surface area (Å²) in [6.45, 7) is 5.84. The smallest absolute Gasteiger partial charge is 0.254 e. The molecular formula is C14H17F3N4OS. The number of aryl methyl sites for hydroxylation is 1. The van der Waals surface area contributed by atoms with Gasteiger partial charge in [0.05, 0.1) is 34.1 Å². The lowest BCUT2D eigenvalue weighted by Gasteiger charge is -2.12. The van der Waals surface area contributed by atoms with Crippen LogP contribution in [-0.2, 0) is 17.5 Å². The summed E-state index contributed by atoms with van der Waals surface area (Å²) in [5.41, 5.74) is 1.19. The highest BCUT2D eigenvalue weighted by Gasteiger charge is 2.29. The van der Waals surface area contributed by atoms with Crippen LogP contribution in [0.15, 0.2) is 16.7 Å². The number of pyridine rings is 1. The first-order valence-corrected chi connectivity index (χ1v) is 7.94. The largest absolute Gasteiger partial charge is 0.408 e. The molecule has 0 aromatic carbocycles. The molecule has 2 aromatic heterocycles. The van der Waals surface area contributed by atoms with Crippen LogP contribution < -0.4 is 0 Å². The van der Waals surface area contributed by atoms with E-state index in [1.54, 1.807) is 33.8 Å². The Kier molecular flexibility index (Phi) is 4.61. The van der Waals surface area contributed by atoms with Crippen LogP contribution in [0.4, 0.5) is 13.2 Å². The molecule has 0 amide bonds. The summed E-state index contributed by atoms with van der Waals surface area (Å²) in [7, 11) is -1.43. The first kappa shape index (κ1) is 17.6. The molecule has 1 atom stereocenters. The van der Waals surface area contributed by atoms with E-state index in [1.165, 1.54) is 12.4 Å². The Bertz CT molecular complexity index is 775. The lowest BCUT2D eigenvalue weighted by Crippen LogP contribution is -2.19. The summed E-state index contributed by atoms with van der Waals surface area (Å²) in [5.74, 6) is 0. The van der Waals surface area contributed by atoms with Gasteiger partial charge in [-0.3, -0.25) is 9.67 Å². The molecule has 0 aliphatic rings. The van der Waals surface area contributed by atoms with Crippen LogP contribution in [0.1, 0.15) is 32.2 Å². The van der Waals surface area contributed by atoms with Crippen molar-refractivity contribution in [2.24, 2.45) is 4.40 Å². The monoisotopic (exact) mass is 346 g/mol. The molecule has 0 saturated heterocycles. The summed E-state index contributed by atoms with van der Waals surface area (Å²) in [6.07, 6.45) is -1.67. The van der Waals surface area contributed by atoms with Gasteiger partial charge in [-0.05, 0) is 33.8 Å². The lowest BCUT2D eigenvalue weighted by molar-refractivity contribution is -0.141. The minimum Gasteiger partial charge on any atom is -0.254 e. The molecule has 0 aliphatic carbocycles. The van der Waals surface area contributed by atoms with E-state index in [2.05, 4.69) is 14.5 Å². The number of fused-ring (bicyclic) bond motifs is 1. The van der Waals surface area contributed by atoms with Crippen molar-refractivity contribution in [3.05, 3.63) is 23.7 Å². The van der Waals surface area contributed by atoms with Crippen LogP contribution in [0.5, 0.6) is 0 Å². The second-order valence-electron chi connectivity index (χ2n) is 6.08. The van der Waals surface area contributed by atoms with Crippen LogP contribution in [0, 0.1) is 6.92 Å². The highest BCUT2D eigenvalue weighted by Crippen LogP contribution is 2.23. The molecule has 2 heterocycles. The standard InChI is InChI=1S/C14H17F3N4OS/c1-9-11-5-10(6-19-23(22)13(2,3)4)18-7-12(11)21(20-9)8-14(15,16)17/h5-7H,8H2,1-4H3/b19-6+/t23-/m1/s1. The Labute approximate surface area is 134 Å². The van der Waals surface area contributed by atoms with Crippen molar-refractivity contribution >= 4 is 28.1 Å². The molecule has 0 radical (unpaired) electrons. The molecule has 9 heteroatoms. The van der Waals surface area contributed by atoms with Gasteiger partial charge in [-0.1, -0.05) is 0 Å². The number of rotatable bonds is 3. The molecule has 126 valence electrons. The minimum atomic E-state index is -4.35. The van der Waals surface area contributed by atoms with E-state index in [0.717, 1.165) is 4.68 Å². The average molecular weight is 346 g/mol. The second-order valence-corrected chi connectivity index (χ2v) is 8.01. The topological polar surface area (TPSA) is 60.1 Å². The summed E-state index contributed by atoms with van der Waals surface area (Å²) in [4.78, 5) is 4.05. The van der Waals surface area contributed by atoms with Crippen molar-refractivity contribution in [3.63, 3.8) is 0 Å². The van der Waals surface area contributed by atoms with E-state index in [-0.39, 0.29) is 0 Å². The highest BCUT2D eigenvalue weighted by molar-refractivity contribution is 7.85. The Morgan fingerprint density at radius 1 is 1.35 bits per heavy atom. The molecule has 5 nitrogen and oxygen atoms in total. The third kappa shape index (κ3) is 4.37. The molecule has 23 heavy (non-hydrogen) atoms. The number of aromatic nitrogens is 3. The SMILES string of the molecule is Cc1nn(CC(F)(F)F)c2cnc(/C=N/[S@](=O)C(C)(C)C)cc12. The number of hydrogen-bond acceptors (Lipinski definition) is 3. The van der Waals surface area contributed by atoms with Crippen LogP contribution >= 0.6 is 0 Å². The number of hydrogen-bond donors (Lipinski definition) is 0. The Balaban J connectivity index is 2.35. The first-order valence-electron chi connectivity index (χ1n) is 6.83. The summed E-state index contributed by atoms with van der Waals surface area (Å²) >= 11 is 0. The van der Waals surface area contributed by atoms with Gasteiger partial charge in [-0.2, -0.15) is 22.7 Å². The molecule has 0 saturated carbocycles. The number of halogens is 3. The van der Waals surface area contributed by atoms with Gasteiger partial charge in [0.25, 0.3) is 0 Å². The zero-order chi connectivity index (χ0) is 17.4. The van der Waals surface area contributed by atoms with Gasteiger partial charge in [0.2, 0.25) is 0 Å². The third-order valence-corrected chi connectivity index (χ3v) is 4.32. The maximum absolute atomic E-state index is 12.5. The molecule has 0 unspecified atom stereocenters. The van der Waals surface area contributed by atoms with Crippen LogP contribution in [-0.4, -0.2) is 36.1 Å². The molecule has 0 N–H and O–H groups in total. The molecule has 0 fully saturated rings. The highest BCUT2D eigenvalue weighted by atomic mass is 32.2. The van der Waals surface area contributed by atoms with E-state index >= 15 is 0 Å². The van der Waals surface area contributed by atoms with Crippen molar-refractivity contribution in [1.82, 2.24) is 14.8 Å². The quantitative estimate of drug-likeness (QED) is 0.802. The van der Waals surface area contributed by atoms with Crippen molar-refractivity contribution in [2.75, 3.05) is 0 Å². The van der Waals surface area contributed by atoms with Crippen molar-refractivity contribution in [3.8, 4) is 0 Å². The fraction of sp³-hybridized carbons (Fsp3) is 0.500. The third-order valence-electron chi connectivity index (χ3n) is 2.98. The fourth-order valence-corrected chi connectivity index (χ4v) is 2.39. The van der Waals surface area contributed by atoms with E-state index in [0.29, 0.717) is 22.3 Å². The van der Waals surface area contributed by atoms with E-state index in [4.69, 9.17) is 0 Å². The van der Waals surface area contributed by atoms with Gasteiger partial charge < -0.3 is 0 Å². The molecular weight excluding hydrogens is 329 g/mol.